The van der Waals surface area contributed by atoms with Gasteiger partial charge in [-0.3, -0.25) is 5.84 Å². The van der Waals surface area contributed by atoms with Crippen molar-refractivity contribution in [1.82, 2.24) is 15.4 Å². The minimum Gasteiger partial charge on any atom is -0.481 e. The van der Waals surface area contributed by atoms with Crippen LogP contribution in [0, 0.1) is 0 Å². The second-order valence-corrected chi connectivity index (χ2v) is 4.80. The maximum absolute atomic E-state index is 6.12. The van der Waals surface area contributed by atoms with E-state index in [1.54, 1.807) is 12.1 Å². The summed E-state index contributed by atoms with van der Waals surface area (Å²) in [4.78, 5) is 8.17. The third-order valence-electron chi connectivity index (χ3n) is 3.13. The van der Waals surface area contributed by atoms with Gasteiger partial charge in [0.2, 0.25) is 5.88 Å². The quantitative estimate of drug-likeness (QED) is 0.569. The predicted octanol–water partition coefficient (Wildman–Crippen LogP) is 2.44. The first-order chi connectivity index (χ1) is 10.2. The highest BCUT2D eigenvalue weighted by molar-refractivity contribution is 6.34. The Morgan fingerprint density at radius 2 is 2.19 bits per heavy atom. The number of ether oxygens (including phenoxy) is 1. The van der Waals surface area contributed by atoms with Crippen LogP contribution in [0.15, 0.2) is 41.1 Å². The Bertz CT molecular complexity index is 775. The Morgan fingerprint density at radius 1 is 1.33 bits per heavy atom. The maximum atomic E-state index is 6.12. The van der Waals surface area contributed by atoms with Gasteiger partial charge in [-0.1, -0.05) is 23.7 Å². The van der Waals surface area contributed by atoms with Gasteiger partial charge >= 0.3 is 0 Å². The van der Waals surface area contributed by atoms with E-state index in [1.165, 1.54) is 13.4 Å². The summed E-state index contributed by atoms with van der Waals surface area (Å²) in [7, 11) is 1.54. The average molecular weight is 305 g/mol. The fourth-order valence-electron chi connectivity index (χ4n) is 2.13. The van der Waals surface area contributed by atoms with Gasteiger partial charge in [-0.05, 0) is 12.1 Å². The molecule has 0 saturated heterocycles. The second-order valence-electron chi connectivity index (χ2n) is 4.39. The van der Waals surface area contributed by atoms with Crippen molar-refractivity contribution in [3.8, 4) is 5.88 Å². The molecule has 0 bridgehead atoms. The van der Waals surface area contributed by atoms with Crippen LogP contribution >= 0.6 is 11.6 Å². The zero-order valence-corrected chi connectivity index (χ0v) is 12.0. The predicted molar refractivity (Wildman–Crippen MR) is 79.0 cm³/mol. The zero-order valence-electron chi connectivity index (χ0n) is 11.2. The SMILES string of the molecule is COc1cc(C(NN)c2cc3cccc(Cl)c3o2)ncn1. The monoisotopic (exact) mass is 304 g/mol. The summed E-state index contributed by atoms with van der Waals surface area (Å²) >= 11 is 6.12. The number of hydrogen-bond acceptors (Lipinski definition) is 6. The number of hydrogen-bond donors (Lipinski definition) is 2. The molecule has 21 heavy (non-hydrogen) atoms. The first-order valence-electron chi connectivity index (χ1n) is 6.23. The highest BCUT2D eigenvalue weighted by Crippen LogP contribution is 2.31. The molecule has 3 aromatic rings. The summed E-state index contributed by atoms with van der Waals surface area (Å²) in [5.41, 5.74) is 3.94. The molecule has 0 aliphatic rings. The topological polar surface area (TPSA) is 86.2 Å². The van der Waals surface area contributed by atoms with Gasteiger partial charge in [-0.25, -0.2) is 15.4 Å². The Kier molecular flexibility index (Phi) is 3.74. The summed E-state index contributed by atoms with van der Waals surface area (Å²) in [6.45, 7) is 0. The third-order valence-corrected chi connectivity index (χ3v) is 3.43. The minimum absolute atomic E-state index is 0.426. The van der Waals surface area contributed by atoms with Crippen LogP contribution < -0.4 is 16.0 Å². The Labute approximate surface area is 125 Å². The molecule has 2 heterocycles. The molecule has 1 aromatic carbocycles. The smallest absolute Gasteiger partial charge is 0.216 e. The molecule has 2 aromatic heterocycles. The molecule has 7 heteroatoms. The number of fused-ring (bicyclic) bond motifs is 1. The van der Waals surface area contributed by atoms with E-state index in [2.05, 4.69) is 15.4 Å². The fraction of sp³-hybridized carbons (Fsp3) is 0.143. The standard InChI is InChI=1S/C14H13ClN4O2/c1-20-12-6-10(17-7-18-12)13(19-16)11-5-8-3-2-4-9(15)14(8)21-11/h2-7,13,19H,16H2,1H3. The molecule has 0 fully saturated rings. The van der Waals surface area contributed by atoms with Crippen molar-refractivity contribution in [3.05, 3.63) is 53.1 Å². The number of hydrazine groups is 1. The van der Waals surface area contributed by atoms with Crippen LogP contribution in [-0.2, 0) is 0 Å². The Morgan fingerprint density at radius 3 is 2.90 bits per heavy atom. The summed E-state index contributed by atoms with van der Waals surface area (Å²) < 4.78 is 10.9. The summed E-state index contributed by atoms with van der Waals surface area (Å²) in [6, 6.07) is 8.70. The highest BCUT2D eigenvalue weighted by Gasteiger charge is 2.20. The number of para-hydroxylation sites is 1. The lowest BCUT2D eigenvalue weighted by Gasteiger charge is -2.12. The van der Waals surface area contributed by atoms with Crippen LogP contribution in [0.5, 0.6) is 5.88 Å². The van der Waals surface area contributed by atoms with Gasteiger partial charge in [-0.15, -0.1) is 0 Å². The second kappa shape index (κ2) is 5.69. The van der Waals surface area contributed by atoms with E-state index < -0.39 is 6.04 Å². The van der Waals surface area contributed by atoms with Crippen LogP contribution in [0.1, 0.15) is 17.5 Å². The van der Waals surface area contributed by atoms with Crippen LogP contribution in [-0.4, -0.2) is 17.1 Å². The van der Waals surface area contributed by atoms with Crippen molar-refractivity contribution in [2.24, 2.45) is 5.84 Å². The minimum atomic E-state index is -0.426. The molecule has 0 radical (unpaired) electrons. The van der Waals surface area contributed by atoms with Crippen molar-refractivity contribution in [1.29, 1.82) is 0 Å². The molecule has 0 spiro atoms. The van der Waals surface area contributed by atoms with Crippen LogP contribution in [0.3, 0.4) is 0 Å². The van der Waals surface area contributed by atoms with E-state index in [1.807, 2.05) is 18.2 Å². The van der Waals surface area contributed by atoms with E-state index in [9.17, 15) is 0 Å². The van der Waals surface area contributed by atoms with Gasteiger partial charge in [-0.2, -0.15) is 0 Å². The number of halogens is 1. The van der Waals surface area contributed by atoms with Gasteiger partial charge in [0.15, 0.2) is 5.58 Å². The van der Waals surface area contributed by atoms with Gasteiger partial charge in [0, 0.05) is 11.5 Å². The number of nitrogens with one attached hydrogen (secondary N) is 1. The van der Waals surface area contributed by atoms with Gasteiger partial charge in [0.05, 0.1) is 17.8 Å². The lowest BCUT2D eigenvalue weighted by Crippen LogP contribution is -2.29. The van der Waals surface area contributed by atoms with Gasteiger partial charge in [0.1, 0.15) is 18.1 Å². The van der Waals surface area contributed by atoms with Crippen molar-refractivity contribution in [2.75, 3.05) is 7.11 Å². The number of nitrogens with zero attached hydrogens (tertiary/aromatic N) is 2. The molecule has 108 valence electrons. The van der Waals surface area contributed by atoms with Crippen molar-refractivity contribution >= 4 is 22.6 Å². The van der Waals surface area contributed by atoms with Crippen LogP contribution in [0.4, 0.5) is 0 Å². The van der Waals surface area contributed by atoms with E-state index in [4.69, 9.17) is 26.6 Å². The van der Waals surface area contributed by atoms with E-state index in [0.717, 1.165) is 5.39 Å². The fourth-order valence-corrected chi connectivity index (χ4v) is 2.35. The van der Waals surface area contributed by atoms with Crippen LogP contribution in [0.2, 0.25) is 5.02 Å². The number of benzene rings is 1. The normalized spacial score (nSPS) is 12.5. The number of furan rings is 1. The number of methoxy groups -OCH3 is 1. The number of aromatic nitrogens is 2. The van der Waals surface area contributed by atoms with E-state index in [0.29, 0.717) is 27.9 Å². The number of rotatable bonds is 4. The molecule has 0 amide bonds. The van der Waals surface area contributed by atoms with Crippen LogP contribution in [0.25, 0.3) is 11.0 Å². The molecule has 1 unspecified atom stereocenters. The zero-order chi connectivity index (χ0) is 14.8. The summed E-state index contributed by atoms with van der Waals surface area (Å²) in [5, 5.41) is 1.45. The van der Waals surface area contributed by atoms with Crippen molar-refractivity contribution in [3.63, 3.8) is 0 Å². The Hall–Kier alpha value is -2.15. The van der Waals surface area contributed by atoms with E-state index >= 15 is 0 Å². The van der Waals surface area contributed by atoms with Crippen molar-refractivity contribution in [2.45, 2.75) is 6.04 Å². The summed E-state index contributed by atoms with van der Waals surface area (Å²) in [5.74, 6) is 6.71. The molecule has 0 aliphatic carbocycles. The lowest BCUT2D eigenvalue weighted by molar-refractivity contribution is 0.393. The van der Waals surface area contributed by atoms with Gasteiger partial charge in [0.25, 0.3) is 0 Å². The molecular weight excluding hydrogens is 292 g/mol. The Balaban J connectivity index is 2.07. The first-order valence-corrected chi connectivity index (χ1v) is 6.60. The molecule has 6 nitrogen and oxygen atoms in total. The molecule has 0 saturated carbocycles. The average Bonchev–Trinajstić information content (AvgIpc) is 2.93. The summed E-state index contributed by atoms with van der Waals surface area (Å²) in [6.07, 6.45) is 1.41. The number of nitrogens with two attached hydrogens (primary N) is 1. The molecule has 0 aliphatic heterocycles. The molecule has 1 atom stereocenters. The van der Waals surface area contributed by atoms with E-state index in [-0.39, 0.29) is 0 Å². The molecule has 3 N–H and O–H groups in total. The third kappa shape index (κ3) is 2.56. The molecule has 3 rings (SSSR count). The van der Waals surface area contributed by atoms with Crippen molar-refractivity contribution < 1.29 is 9.15 Å². The highest BCUT2D eigenvalue weighted by atomic mass is 35.5. The molecular formula is C14H13ClN4O2. The lowest BCUT2D eigenvalue weighted by atomic mass is 10.1. The maximum Gasteiger partial charge on any atom is 0.216 e. The van der Waals surface area contributed by atoms with Gasteiger partial charge < -0.3 is 9.15 Å². The largest absolute Gasteiger partial charge is 0.481 e. The first kappa shape index (κ1) is 13.8.